The van der Waals surface area contributed by atoms with Crippen LogP contribution in [0, 0.1) is 5.92 Å². The van der Waals surface area contributed by atoms with Crippen LogP contribution in [0.25, 0.3) is 0 Å². The quantitative estimate of drug-likeness (QED) is 0.258. The van der Waals surface area contributed by atoms with Crippen LogP contribution in [0.5, 0.6) is 0 Å². The summed E-state index contributed by atoms with van der Waals surface area (Å²) in [5, 5.41) is 0. The number of allylic oxidation sites excluding steroid dienone is 2. The van der Waals surface area contributed by atoms with Crippen LogP contribution < -0.4 is 24.0 Å². The molecule has 1 aliphatic carbocycles. The van der Waals surface area contributed by atoms with E-state index in [1.807, 2.05) is 13.0 Å². The van der Waals surface area contributed by atoms with Crippen LogP contribution in [-0.2, 0) is 29.0 Å². The van der Waals surface area contributed by atoms with Gasteiger partial charge in [-0.05, 0) is 12.2 Å². The molecule has 0 saturated heterocycles. The second-order valence-electron chi connectivity index (χ2n) is 2.32. The number of rotatable bonds is 1. The van der Waals surface area contributed by atoms with Crippen molar-refractivity contribution in [3.05, 3.63) is 35.6 Å². The summed E-state index contributed by atoms with van der Waals surface area (Å²) in [5.74, 6) is 1.26. The molecule has 1 aliphatic rings. The Balaban J connectivity index is 0. The second kappa shape index (κ2) is 7.48. The van der Waals surface area contributed by atoms with Gasteiger partial charge >= 0.3 is 5.97 Å². The molecule has 1 radical (unpaired) electrons. The first-order valence-corrected chi connectivity index (χ1v) is 3.35. The van der Waals surface area contributed by atoms with E-state index in [9.17, 15) is 4.79 Å². The van der Waals surface area contributed by atoms with E-state index in [2.05, 4.69) is 5.73 Å². The van der Waals surface area contributed by atoms with Gasteiger partial charge < -0.3 is 28.7 Å². The van der Waals surface area contributed by atoms with Crippen LogP contribution in [0.2, 0.25) is 0 Å². The van der Waals surface area contributed by atoms with Gasteiger partial charge in [0.05, 0.1) is 0 Å². The summed E-state index contributed by atoms with van der Waals surface area (Å²) in [6.07, 6.45) is 5.36. The van der Waals surface area contributed by atoms with Gasteiger partial charge in [0.15, 0.2) is 5.76 Å². The van der Waals surface area contributed by atoms with Crippen molar-refractivity contribution in [1.29, 1.82) is 0 Å². The van der Waals surface area contributed by atoms with Crippen molar-refractivity contribution in [3.8, 4) is 0 Å². The third-order valence-electron chi connectivity index (χ3n) is 1.19. The van der Waals surface area contributed by atoms with E-state index < -0.39 is 0 Å². The first-order chi connectivity index (χ1) is 5.18. The van der Waals surface area contributed by atoms with Crippen molar-refractivity contribution in [2.75, 3.05) is 0 Å². The number of hydrogen-bond acceptors (Lipinski definition) is 2. The molecule has 0 heterocycles. The van der Waals surface area contributed by atoms with Gasteiger partial charge in [0.2, 0.25) is 0 Å². The predicted molar refractivity (Wildman–Crippen MR) is 41.4 cm³/mol. The van der Waals surface area contributed by atoms with Crippen molar-refractivity contribution >= 4 is 5.97 Å². The molecule has 0 bridgehead atoms. The number of halogens is 1. The van der Waals surface area contributed by atoms with Crippen LogP contribution in [0.1, 0.15) is 13.8 Å². The molecule has 0 aliphatic heterocycles. The van der Waals surface area contributed by atoms with E-state index in [0.29, 0.717) is 5.76 Å². The summed E-state index contributed by atoms with van der Waals surface area (Å²) < 4.78 is 4.77. The fourth-order valence-electron chi connectivity index (χ4n) is 0.707. The maximum absolute atomic E-state index is 10.5. The summed E-state index contributed by atoms with van der Waals surface area (Å²) in [7, 11) is 0. The number of carbonyl (C=O) groups excluding carboxylic acids is 1. The van der Waals surface area contributed by atoms with Crippen molar-refractivity contribution < 1.29 is 53.0 Å². The topological polar surface area (TPSA) is 26.3 Å². The number of esters is 1. The first kappa shape index (κ1) is 15.6. The average Bonchev–Trinajstić information content (AvgIpc) is 1.93. The molecule has 0 N–H and O–H groups in total. The molecule has 0 atom stereocenters. The van der Waals surface area contributed by atoms with E-state index in [-0.39, 0.29) is 49.4 Å². The Morgan fingerprint density at radius 1 is 1.46 bits per heavy atom. The van der Waals surface area contributed by atoms with Crippen LogP contribution in [0.4, 0.5) is 0 Å². The average molecular weight is 341 g/mol. The van der Waals surface area contributed by atoms with Crippen LogP contribution in [-0.4, -0.2) is 5.97 Å². The van der Waals surface area contributed by atoms with Gasteiger partial charge in [0.25, 0.3) is 0 Å². The number of hydrogen-bond donors (Lipinski definition) is 0. The smallest absolute Gasteiger partial charge is 0.308 e. The minimum atomic E-state index is -0.315. The molecule has 67 valence electrons. The standard InChI is InChI=1S/C9H9O2.HI.Zn/c1-7-3-5-9(6-4-7)11-8(2)10;;/h3-5H,1-2H3;1H;/p-1. The number of carbonyl (C=O) groups is 1. The van der Waals surface area contributed by atoms with Gasteiger partial charge in [-0.3, -0.25) is 4.79 Å². The van der Waals surface area contributed by atoms with E-state index in [4.69, 9.17) is 4.74 Å². The predicted octanol–water partition coefficient (Wildman–Crippen LogP) is -1.25. The first-order valence-electron chi connectivity index (χ1n) is 3.35. The Kier molecular flexibility index (Phi) is 8.95. The summed E-state index contributed by atoms with van der Waals surface area (Å²) in [6, 6.07) is 0. The van der Waals surface area contributed by atoms with Gasteiger partial charge in [-0.25, -0.2) is 0 Å². The zero-order valence-electron chi connectivity index (χ0n) is 7.63. The molecule has 1 rings (SSSR count). The van der Waals surface area contributed by atoms with E-state index in [0.717, 1.165) is 5.92 Å². The van der Waals surface area contributed by atoms with Crippen LogP contribution in [0.15, 0.2) is 29.7 Å². The van der Waals surface area contributed by atoms with Gasteiger partial charge in [-0.15, -0.1) is 0 Å². The van der Waals surface area contributed by atoms with Crippen molar-refractivity contribution in [2.24, 2.45) is 0 Å². The van der Waals surface area contributed by atoms with Crippen molar-refractivity contribution in [2.45, 2.75) is 13.8 Å². The number of ether oxygens (including phenoxy) is 1. The fraction of sp³-hybridized carbons (Fsp3) is 0.222. The zero-order valence-corrected chi connectivity index (χ0v) is 12.8. The molecular weight excluding hydrogens is 332 g/mol. The third-order valence-corrected chi connectivity index (χ3v) is 1.19. The van der Waals surface area contributed by atoms with Gasteiger partial charge in [-0.2, -0.15) is 0 Å². The van der Waals surface area contributed by atoms with Gasteiger partial charge in [-0.1, -0.05) is 18.7 Å². The Morgan fingerprint density at radius 2 is 2.08 bits per heavy atom. The Bertz CT molecular complexity index is 265. The van der Waals surface area contributed by atoms with Crippen molar-refractivity contribution in [3.63, 3.8) is 0 Å². The van der Waals surface area contributed by atoms with Crippen LogP contribution >= 0.6 is 0 Å². The van der Waals surface area contributed by atoms with Crippen LogP contribution in [0.3, 0.4) is 0 Å². The minimum absolute atomic E-state index is 0. The molecule has 4 heteroatoms. The maximum Gasteiger partial charge on any atom is 0.308 e. The van der Waals surface area contributed by atoms with E-state index >= 15 is 0 Å². The monoisotopic (exact) mass is 340 g/mol. The minimum Gasteiger partial charge on any atom is -1.00 e. The van der Waals surface area contributed by atoms with E-state index in [1.165, 1.54) is 6.92 Å². The second-order valence-corrected chi connectivity index (χ2v) is 2.32. The molecule has 2 nitrogen and oxygen atoms in total. The Labute approximate surface area is 108 Å². The van der Waals surface area contributed by atoms with Gasteiger partial charge in [0, 0.05) is 32.3 Å². The van der Waals surface area contributed by atoms with Crippen molar-refractivity contribution in [1.82, 2.24) is 0 Å². The molecule has 0 aromatic carbocycles. The molecule has 0 aromatic heterocycles. The Morgan fingerprint density at radius 3 is 2.46 bits per heavy atom. The molecule has 0 saturated carbocycles. The molecule has 0 aromatic rings. The largest absolute Gasteiger partial charge is 1.00 e. The fourth-order valence-corrected chi connectivity index (χ4v) is 0.707. The summed E-state index contributed by atoms with van der Waals surface area (Å²) >= 11 is 0. The SMILES string of the molecule is C[C]1C=C=C(OC(C)=O)C=C1.[I-].[Zn]. The molecule has 0 spiro atoms. The summed E-state index contributed by atoms with van der Waals surface area (Å²) in [4.78, 5) is 10.5. The zero-order chi connectivity index (χ0) is 8.27. The third kappa shape index (κ3) is 6.19. The van der Waals surface area contributed by atoms with Gasteiger partial charge in [0.1, 0.15) is 0 Å². The molecular formula is C9H9IO2Zn-. The summed E-state index contributed by atoms with van der Waals surface area (Å²) in [6.45, 7) is 3.32. The maximum atomic E-state index is 10.5. The summed E-state index contributed by atoms with van der Waals surface area (Å²) in [5.41, 5.74) is 2.82. The molecule has 0 unspecified atom stereocenters. The molecule has 0 fully saturated rings. The van der Waals surface area contributed by atoms with E-state index in [1.54, 1.807) is 12.2 Å². The molecule has 13 heavy (non-hydrogen) atoms. The normalized spacial score (nSPS) is 13.8. The Hall–Kier alpha value is 0.0834. The molecule has 0 amide bonds.